The molecule has 8 heavy (non-hydrogen) atoms. The van der Waals surface area contributed by atoms with Gasteiger partial charge >= 0.3 is 0 Å². The number of hydrogen-bond donors (Lipinski definition) is 0. The van der Waals surface area contributed by atoms with Crippen molar-refractivity contribution in [2.45, 2.75) is 12.7 Å². The van der Waals surface area contributed by atoms with Crippen molar-refractivity contribution in [2.75, 3.05) is 14.1 Å². The molecule has 0 unspecified atom stereocenters. The Morgan fingerprint density at radius 3 is 2.50 bits per heavy atom. The molecule has 0 aromatic carbocycles. The molecule has 0 amide bonds. The van der Waals surface area contributed by atoms with Gasteiger partial charge in [0.1, 0.15) is 0 Å². The second-order valence-corrected chi connectivity index (χ2v) is 2.54. The van der Waals surface area contributed by atoms with E-state index < -0.39 is 0 Å². The fraction of sp³-hybridized carbons (Fsp3) is 0.667. The van der Waals surface area contributed by atoms with Crippen LogP contribution in [0.4, 0.5) is 0 Å². The van der Waals surface area contributed by atoms with E-state index in [0.29, 0.717) is 0 Å². The van der Waals surface area contributed by atoms with Gasteiger partial charge in [-0.3, -0.25) is 0 Å². The van der Waals surface area contributed by atoms with Crippen LogP contribution in [0.3, 0.4) is 0 Å². The molecule has 0 radical (unpaired) electrons. The SMILES string of the molecule is CN(C)B1C=CCC1. The van der Waals surface area contributed by atoms with Crippen molar-refractivity contribution >= 4 is 6.85 Å². The Hall–Kier alpha value is -0.235. The second-order valence-electron chi connectivity index (χ2n) is 2.54. The van der Waals surface area contributed by atoms with Crippen molar-refractivity contribution < 1.29 is 0 Å². The second kappa shape index (κ2) is 2.36. The highest BCUT2D eigenvalue weighted by Crippen LogP contribution is 2.09. The summed E-state index contributed by atoms with van der Waals surface area (Å²) in [5.41, 5.74) is 0. The maximum Gasteiger partial charge on any atom is 0.249 e. The van der Waals surface area contributed by atoms with E-state index in [1.165, 1.54) is 12.7 Å². The Kier molecular flexibility index (Phi) is 1.74. The average Bonchev–Trinajstić information content (AvgIpc) is 2.12. The summed E-state index contributed by atoms with van der Waals surface area (Å²) in [6.07, 6.45) is 4.83. The first kappa shape index (κ1) is 5.89. The average molecular weight is 109 g/mol. The third-order valence-corrected chi connectivity index (χ3v) is 1.65. The first-order chi connectivity index (χ1) is 3.80. The highest BCUT2D eigenvalue weighted by atomic mass is 15.0. The summed E-state index contributed by atoms with van der Waals surface area (Å²) in [6.45, 7) is 0.718. The maximum absolute atomic E-state index is 2.28. The van der Waals surface area contributed by atoms with Crippen LogP contribution in [0.15, 0.2) is 12.1 Å². The maximum atomic E-state index is 2.28. The van der Waals surface area contributed by atoms with Crippen LogP contribution in [0.2, 0.25) is 6.32 Å². The zero-order valence-electron chi connectivity index (χ0n) is 5.59. The monoisotopic (exact) mass is 109 g/mol. The number of hydrogen-bond acceptors (Lipinski definition) is 1. The van der Waals surface area contributed by atoms with E-state index in [4.69, 9.17) is 0 Å². The van der Waals surface area contributed by atoms with E-state index in [-0.39, 0.29) is 0 Å². The Labute approximate surface area is 51.5 Å². The molecule has 2 heteroatoms. The minimum atomic E-state index is 0.718. The summed E-state index contributed by atoms with van der Waals surface area (Å²) >= 11 is 0. The normalized spacial score (nSPS) is 18.6. The highest BCUT2D eigenvalue weighted by molar-refractivity contribution is 6.62. The van der Waals surface area contributed by atoms with Crippen LogP contribution in [0.5, 0.6) is 0 Å². The molecule has 0 fully saturated rings. The van der Waals surface area contributed by atoms with Crippen molar-refractivity contribution in [1.82, 2.24) is 4.81 Å². The third kappa shape index (κ3) is 1.13. The molecule has 44 valence electrons. The van der Waals surface area contributed by atoms with Gasteiger partial charge in [0.2, 0.25) is 6.85 Å². The molecule has 1 nitrogen and oxygen atoms in total. The molecule has 1 aliphatic rings. The lowest BCUT2D eigenvalue weighted by Crippen LogP contribution is -2.28. The molecule has 0 N–H and O–H groups in total. The summed E-state index contributed by atoms with van der Waals surface area (Å²) in [7, 11) is 4.25. The van der Waals surface area contributed by atoms with Gasteiger partial charge in [-0.15, -0.1) is 5.98 Å². The summed E-state index contributed by atoms with van der Waals surface area (Å²) in [4.78, 5) is 2.25. The van der Waals surface area contributed by atoms with Gasteiger partial charge in [0.25, 0.3) is 0 Å². The zero-order valence-corrected chi connectivity index (χ0v) is 5.59. The first-order valence-corrected chi connectivity index (χ1v) is 3.14. The largest absolute Gasteiger partial charge is 0.344 e. The van der Waals surface area contributed by atoms with Gasteiger partial charge in [-0.05, 0) is 20.5 Å². The standard InChI is InChI=1S/C6H12BN/c1-8(2)7-5-3-4-6-7/h3,5H,4,6H2,1-2H3. The van der Waals surface area contributed by atoms with E-state index in [1.807, 2.05) is 0 Å². The molecule has 1 aliphatic heterocycles. The smallest absolute Gasteiger partial charge is 0.249 e. The van der Waals surface area contributed by atoms with E-state index >= 15 is 0 Å². The molecule has 0 aliphatic carbocycles. The van der Waals surface area contributed by atoms with Crippen LogP contribution in [0, 0.1) is 0 Å². The summed E-state index contributed by atoms with van der Waals surface area (Å²) in [5, 5.41) is 0. The van der Waals surface area contributed by atoms with Crippen LogP contribution in [-0.4, -0.2) is 25.8 Å². The first-order valence-electron chi connectivity index (χ1n) is 3.14. The number of allylic oxidation sites excluding steroid dienone is 1. The minimum Gasteiger partial charge on any atom is -0.344 e. The van der Waals surface area contributed by atoms with Gasteiger partial charge in [0, 0.05) is 0 Å². The fourth-order valence-electron chi connectivity index (χ4n) is 1.05. The van der Waals surface area contributed by atoms with Gasteiger partial charge in [0.15, 0.2) is 0 Å². The quantitative estimate of drug-likeness (QED) is 0.454. The van der Waals surface area contributed by atoms with Gasteiger partial charge in [-0.25, -0.2) is 0 Å². The van der Waals surface area contributed by atoms with E-state index in [1.54, 1.807) is 0 Å². The van der Waals surface area contributed by atoms with Crippen LogP contribution in [0.25, 0.3) is 0 Å². The lowest BCUT2D eigenvalue weighted by Gasteiger charge is -2.11. The molecular formula is C6H12BN. The topological polar surface area (TPSA) is 3.24 Å². The van der Waals surface area contributed by atoms with Gasteiger partial charge in [0.05, 0.1) is 0 Å². The van der Waals surface area contributed by atoms with Crippen LogP contribution < -0.4 is 0 Å². The minimum absolute atomic E-state index is 0.718. The molecular weight excluding hydrogens is 96.9 g/mol. The van der Waals surface area contributed by atoms with E-state index in [2.05, 4.69) is 31.0 Å². The Morgan fingerprint density at radius 2 is 2.25 bits per heavy atom. The highest BCUT2D eigenvalue weighted by Gasteiger charge is 2.15. The Bertz CT molecular complexity index is 98.7. The molecule has 0 aromatic heterocycles. The molecule has 0 atom stereocenters. The predicted octanol–water partition coefficient (Wildman–Crippen LogP) is 1.04. The van der Waals surface area contributed by atoms with Gasteiger partial charge < -0.3 is 4.81 Å². The van der Waals surface area contributed by atoms with Crippen molar-refractivity contribution in [3.05, 3.63) is 12.1 Å². The van der Waals surface area contributed by atoms with E-state index in [9.17, 15) is 0 Å². The number of nitrogens with zero attached hydrogens (tertiary/aromatic N) is 1. The van der Waals surface area contributed by atoms with Crippen LogP contribution >= 0.6 is 0 Å². The Morgan fingerprint density at radius 1 is 1.50 bits per heavy atom. The zero-order chi connectivity index (χ0) is 5.98. The molecule has 0 bridgehead atoms. The summed E-state index contributed by atoms with van der Waals surface area (Å²) in [6, 6.07) is 0. The molecule has 0 aromatic rings. The van der Waals surface area contributed by atoms with Gasteiger partial charge in [-0.1, -0.05) is 12.4 Å². The number of rotatable bonds is 1. The van der Waals surface area contributed by atoms with Crippen molar-refractivity contribution in [3.63, 3.8) is 0 Å². The van der Waals surface area contributed by atoms with Crippen molar-refractivity contribution in [3.8, 4) is 0 Å². The lowest BCUT2D eigenvalue weighted by molar-refractivity contribution is 0.646. The van der Waals surface area contributed by atoms with Crippen LogP contribution in [-0.2, 0) is 0 Å². The van der Waals surface area contributed by atoms with E-state index in [0.717, 1.165) is 6.85 Å². The fourth-order valence-corrected chi connectivity index (χ4v) is 1.05. The summed E-state index contributed by atoms with van der Waals surface area (Å²) < 4.78 is 0. The molecule has 0 spiro atoms. The molecule has 0 saturated carbocycles. The van der Waals surface area contributed by atoms with Crippen molar-refractivity contribution in [2.24, 2.45) is 0 Å². The summed E-state index contributed by atoms with van der Waals surface area (Å²) in [5.74, 6) is 2.28. The predicted molar refractivity (Wildman–Crippen MR) is 38.0 cm³/mol. The van der Waals surface area contributed by atoms with Gasteiger partial charge in [-0.2, -0.15) is 0 Å². The lowest BCUT2D eigenvalue weighted by atomic mass is 9.61. The molecule has 1 rings (SSSR count). The molecule has 0 saturated heterocycles. The molecule has 1 heterocycles. The van der Waals surface area contributed by atoms with Crippen LogP contribution in [0.1, 0.15) is 6.42 Å². The van der Waals surface area contributed by atoms with Crippen molar-refractivity contribution in [1.29, 1.82) is 0 Å². The third-order valence-electron chi connectivity index (χ3n) is 1.65. The Balaban J connectivity index is 2.36.